The van der Waals surface area contributed by atoms with E-state index >= 15 is 0 Å². The van der Waals surface area contributed by atoms with Crippen LogP contribution in [-0.2, 0) is 11.2 Å². The number of anilines is 3. The lowest BCUT2D eigenvalue weighted by Gasteiger charge is -2.34. The van der Waals surface area contributed by atoms with E-state index in [2.05, 4.69) is 25.5 Å². The highest BCUT2D eigenvalue weighted by atomic mass is 16.3. The number of nitrogens with zero attached hydrogens (tertiary/aromatic N) is 6. The summed E-state index contributed by atoms with van der Waals surface area (Å²) in [5, 5.41) is 24.7. The maximum absolute atomic E-state index is 12.7. The summed E-state index contributed by atoms with van der Waals surface area (Å²) >= 11 is 0. The van der Waals surface area contributed by atoms with Crippen molar-refractivity contribution in [3.8, 4) is 5.75 Å². The van der Waals surface area contributed by atoms with E-state index in [1.54, 1.807) is 22.7 Å². The Morgan fingerprint density at radius 1 is 1.16 bits per heavy atom. The van der Waals surface area contributed by atoms with Crippen LogP contribution in [0.25, 0.3) is 5.52 Å². The molecule has 0 spiro atoms. The van der Waals surface area contributed by atoms with Crippen molar-refractivity contribution >= 4 is 29.0 Å². The summed E-state index contributed by atoms with van der Waals surface area (Å²) in [6.45, 7) is 4.40. The second-order valence-electron chi connectivity index (χ2n) is 7.87. The van der Waals surface area contributed by atoms with Crippen molar-refractivity contribution in [1.29, 1.82) is 0 Å². The molecule has 0 aliphatic carbocycles. The number of rotatable bonds is 5. The number of aryl methyl sites for hydroxylation is 1. The summed E-state index contributed by atoms with van der Waals surface area (Å²) in [5.41, 5.74) is 2.62. The van der Waals surface area contributed by atoms with Gasteiger partial charge in [-0.25, -0.2) is 4.52 Å². The molecule has 1 aliphatic heterocycles. The van der Waals surface area contributed by atoms with Gasteiger partial charge >= 0.3 is 0 Å². The van der Waals surface area contributed by atoms with Crippen molar-refractivity contribution in [3.05, 3.63) is 59.9 Å². The van der Waals surface area contributed by atoms with Gasteiger partial charge in [-0.1, -0.05) is 12.1 Å². The third-order valence-electron chi connectivity index (χ3n) is 5.51. The molecule has 1 amide bonds. The molecule has 5 rings (SSSR count). The molecule has 10 nitrogen and oxygen atoms in total. The lowest BCUT2D eigenvalue weighted by atomic mass is 10.1. The smallest absolute Gasteiger partial charge is 0.245 e. The Hall–Kier alpha value is -4.08. The van der Waals surface area contributed by atoms with Crippen molar-refractivity contribution in [2.45, 2.75) is 13.3 Å². The molecule has 0 bridgehead atoms. The van der Waals surface area contributed by atoms with E-state index < -0.39 is 0 Å². The zero-order valence-corrected chi connectivity index (χ0v) is 17.7. The van der Waals surface area contributed by atoms with Crippen LogP contribution < -0.4 is 10.2 Å². The van der Waals surface area contributed by atoms with Crippen molar-refractivity contribution < 1.29 is 9.90 Å². The summed E-state index contributed by atoms with van der Waals surface area (Å²) in [6, 6.07) is 12.6. The number of aromatic amines is 1. The minimum Gasteiger partial charge on any atom is -0.508 e. The van der Waals surface area contributed by atoms with Crippen LogP contribution in [0.4, 0.5) is 17.6 Å². The van der Waals surface area contributed by atoms with Crippen molar-refractivity contribution in [2.75, 3.05) is 36.4 Å². The highest BCUT2D eigenvalue weighted by Crippen LogP contribution is 2.23. The van der Waals surface area contributed by atoms with Crippen molar-refractivity contribution in [1.82, 2.24) is 29.7 Å². The van der Waals surface area contributed by atoms with Crippen LogP contribution in [0.5, 0.6) is 5.75 Å². The van der Waals surface area contributed by atoms with Crippen molar-refractivity contribution in [2.24, 2.45) is 0 Å². The van der Waals surface area contributed by atoms with Gasteiger partial charge in [0.15, 0.2) is 11.6 Å². The Bertz CT molecular complexity index is 1260. The third-order valence-corrected chi connectivity index (χ3v) is 5.51. The number of benzene rings is 1. The molecule has 3 N–H and O–H groups in total. The Morgan fingerprint density at radius 2 is 2.00 bits per heavy atom. The van der Waals surface area contributed by atoms with Crippen LogP contribution in [-0.4, -0.2) is 66.9 Å². The minimum atomic E-state index is 0.0493. The summed E-state index contributed by atoms with van der Waals surface area (Å²) in [6.07, 6.45) is 2.16. The van der Waals surface area contributed by atoms with Crippen LogP contribution in [0.15, 0.2) is 48.7 Å². The van der Waals surface area contributed by atoms with Gasteiger partial charge < -0.3 is 20.2 Å². The first-order valence-electron chi connectivity index (χ1n) is 10.5. The molecular formula is C22H24N8O2. The van der Waals surface area contributed by atoms with E-state index in [1.165, 1.54) is 0 Å². The molecule has 3 aromatic heterocycles. The highest BCUT2D eigenvalue weighted by molar-refractivity contribution is 5.79. The quantitative estimate of drug-likeness (QED) is 0.442. The summed E-state index contributed by atoms with van der Waals surface area (Å²) in [7, 11) is 0. The Labute approximate surface area is 184 Å². The number of hydrogen-bond acceptors (Lipinski definition) is 7. The molecule has 10 heteroatoms. The van der Waals surface area contributed by atoms with E-state index in [0.29, 0.717) is 43.8 Å². The number of aromatic nitrogens is 5. The molecule has 4 aromatic rings. The fraction of sp³-hybridized carbons (Fsp3) is 0.273. The maximum atomic E-state index is 12.7. The molecule has 1 saturated heterocycles. The van der Waals surface area contributed by atoms with Gasteiger partial charge in [0.05, 0.1) is 6.42 Å². The highest BCUT2D eigenvalue weighted by Gasteiger charge is 2.24. The lowest BCUT2D eigenvalue weighted by molar-refractivity contribution is -0.130. The zero-order valence-electron chi connectivity index (χ0n) is 17.7. The number of piperazine rings is 1. The van der Waals surface area contributed by atoms with Gasteiger partial charge in [-0.15, -0.1) is 5.10 Å². The Balaban J connectivity index is 1.29. The van der Waals surface area contributed by atoms with Gasteiger partial charge in [-0.05, 0) is 36.8 Å². The first-order valence-corrected chi connectivity index (χ1v) is 10.5. The summed E-state index contributed by atoms with van der Waals surface area (Å²) < 4.78 is 1.80. The Morgan fingerprint density at radius 3 is 2.75 bits per heavy atom. The number of fused-ring (bicyclic) bond motifs is 1. The number of phenolic OH excluding ortho intramolecular Hbond substituents is 1. The largest absolute Gasteiger partial charge is 0.508 e. The fourth-order valence-electron chi connectivity index (χ4n) is 3.86. The molecule has 0 atom stereocenters. The molecule has 4 heterocycles. The van der Waals surface area contributed by atoms with Gasteiger partial charge in [-0.2, -0.15) is 10.1 Å². The predicted octanol–water partition coefficient (Wildman–Crippen LogP) is 2.10. The number of carbonyl (C=O) groups excluding carboxylic acids is 1. The van der Waals surface area contributed by atoms with E-state index in [0.717, 1.165) is 16.8 Å². The van der Waals surface area contributed by atoms with E-state index in [9.17, 15) is 9.90 Å². The molecule has 1 fully saturated rings. The topological polar surface area (TPSA) is 115 Å². The molecular weight excluding hydrogens is 408 g/mol. The summed E-state index contributed by atoms with van der Waals surface area (Å²) in [5.74, 6) is 2.19. The van der Waals surface area contributed by atoms with Gasteiger partial charge in [-0.3, -0.25) is 9.89 Å². The number of carbonyl (C=O) groups is 1. The van der Waals surface area contributed by atoms with Crippen LogP contribution in [0.3, 0.4) is 0 Å². The number of phenols is 1. The minimum absolute atomic E-state index is 0.0493. The van der Waals surface area contributed by atoms with Crippen molar-refractivity contribution in [3.63, 3.8) is 0 Å². The molecule has 32 heavy (non-hydrogen) atoms. The maximum Gasteiger partial charge on any atom is 0.245 e. The van der Waals surface area contributed by atoms with Crippen LogP contribution >= 0.6 is 0 Å². The van der Waals surface area contributed by atoms with E-state index in [-0.39, 0.29) is 18.1 Å². The average Bonchev–Trinajstić information content (AvgIpc) is 3.42. The monoisotopic (exact) mass is 432 g/mol. The van der Waals surface area contributed by atoms with Gasteiger partial charge in [0, 0.05) is 44.1 Å². The molecule has 0 saturated carbocycles. The van der Waals surface area contributed by atoms with Gasteiger partial charge in [0.2, 0.25) is 11.9 Å². The van der Waals surface area contributed by atoms with Crippen LogP contribution in [0.2, 0.25) is 0 Å². The first kappa shape index (κ1) is 19.9. The zero-order chi connectivity index (χ0) is 22.1. The molecule has 1 aromatic carbocycles. The first-order chi connectivity index (χ1) is 15.5. The van der Waals surface area contributed by atoms with Gasteiger partial charge in [0.25, 0.3) is 0 Å². The Kier molecular flexibility index (Phi) is 5.10. The summed E-state index contributed by atoms with van der Waals surface area (Å²) in [4.78, 5) is 21.4. The SMILES string of the molecule is Cc1cc(Nc2nc(N3CCN(C(=O)Cc4cccc(O)c4)CC3)nn3cccc23)n[nH]1. The second-order valence-corrected chi connectivity index (χ2v) is 7.87. The third kappa shape index (κ3) is 4.07. The normalized spacial score (nSPS) is 14.2. The molecule has 0 radical (unpaired) electrons. The average molecular weight is 432 g/mol. The van der Waals surface area contributed by atoms with E-state index in [4.69, 9.17) is 4.98 Å². The fourth-order valence-corrected chi connectivity index (χ4v) is 3.86. The molecule has 164 valence electrons. The molecule has 0 unspecified atom stereocenters. The van der Waals surface area contributed by atoms with Crippen LogP contribution in [0, 0.1) is 6.92 Å². The number of nitrogens with one attached hydrogen (secondary N) is 2. The number of hydrogen-bond donors (Lipinski definition) is 3. The number of aromatic hydroxyl groups is 1. The predicted molar refractivity (Wildman–Crippen MR) is 120 cm³/mol. The molecule has 1 aliphatic rings. The lowest BCUT2D eigenvalue weighted by Crippen LogP contribution is -2.49. The standard InChI is InChI=1S/C22H24N8O2/c1-15-12-19(26-25-15)23-21-18-6-3-7-30(18)27-22(24-21)29-10-8-28(9-11-29)20(32)14-16-4-2-5-17(31)13-16/h2-7,12-13,31H,8-11,14H2,1H3,(H2,23,24,25,26,27). The van der Waals surface area contributed by atoms with Gasteiger partial charge in [0.1, 0.15) is 11.3 Å². The second kappa shape index (κ2) is 8.22. The van der Waals surface area contributed by atoms with Crippen LogP contribution in [0.1, 0.15) is 11.3 Å². The number of amides is 1. The number of H-pyrrole nitrogens is 1. The van der Waals surface area contributed by atoms with E-state index in [1.807, 2.05) is 42.3 Å².